The van der Waals surface area contributed by atoms with Gasteiger partial charge in [0.15, 0.2) is 0 Å². The van der Waals surface area contributed by atoms with E-state index in [1.807, 2.05) is 20.9 Å². The molecule has 0 heterocycles. The molecule has 2 heteroatoms. The van der Waals surface area contributed by atoms with Gasteiger partial charge in [0.2, 0.25) is 0 Å². The molecule has 0 aliphatic rings. The van der Waals surface area contributed by atoms with Crippen LogP contribution in [0, 0.1) is 5.92 Å². The Kier molecular flexibility index (Phi) is 12.3. The minimum Gasteiger partial charge on any atom is -0.318 e. The quantitative estimate of drug-likeness (QED) is 0.674. The first-order valence-corrected chi connectivity index (χ1v) is 5.47. The van der Waals surface area contributed by atoms with Gasteiger partial charge in [0.05, 0.1) is 0 Å². The molecule has 2 unspecified atom stereocenters. The average Bonchev–Trinajstić information content (AvgIpc) is 2.20. The highest BCUT2D eigenvalue weighted by molar-refractivity contribution is 4.82. The van der Waals surface area contributed by atoms with Gasteiger partial charge in [-0.15, -0.1) is 6.58 Å². The Morgan fingerprint density at radius 1 is 1.29 bits per heavy atom. The molecule has 0 amide bonds. The molecule has 0 aliphatic carbocycles. The zero-order valence-corrected chi connectivity index (χ0v) is 10.3. The maximum atomic E-state index is 12.7. The van der Waals surface area contributed by atoms with Crippen LogP contribution in [0.2, 0.25) is 0 Å². The minimum absolute atomic E-state index is 0.0648. The van der Waals surface area contributed by atoms with Crippen molar-refractivity contribution in [2.24, 2.45) is 5.92 Å². The molecule has 1 nitrogen and oxygen atoms in total. The molecule has 0 saturated heterocycles. The van der Waals surface area contributed by atoms with Gasteiger partial charge in [0.1, 0.15) is 6.17 Å². The highest BCUT2D eigenvalue weighted by Gasteiger charge is 2.12. The molecule has 0 bridgehead atoms. The van der Waals surface area contributed by atoms with Crippen LogP contribution in [0.4, 0.5) is 4.39 Å². The Morgan fingerprint density at radius 2 is 1.71 bits per heavy atom. The highest BCUT2D eigenvalue weighted by Crippen LogP contribution is 2.15. The van der Waals surface area contributed by atoms with Crippen LogP contribution in [0.5, 0.6) is 0 Å². The molecule has 0 saturated carbocycles. The summed E-state index contributed by atoms with van der Waals surface area (Å²) >= 11 is 0. The normalized spacial score (nSPS) is 14.2. The van der Waals surface area contributed by atoms with E-state index in [2.05, 4.69) is 25.7 Å². The van der Waals surface area contributed by atoms with Crippen LogP contribution in [-0.4, -0.2) is 19.3 Å². The number of hydrogen-bond donors (Lipinski definition) is 1. The molecule has 0 spiro atoms. The van der Waals surface area contributed by atoms with Crippen LogP contribution in [0.15, 0.2) is 12.7 Å². The second-order valence-corrected chi connectivity index (χ2v) is 3.68. The minimum atomic E-state index is -0.688. The van der Waals surface area contributed by atoms with Gasteiger partial charge in [0, 0.05) is 12.0 Å². The third kappa shape index (κ3) is 9.72. The first-order chi connectivity index (χ1) is 6.53. The summed E-state index contributed by atoms with van der Waals surface area (Å²) in [6.07, 6.45) is 2.48. The van der Waals surface area contributed by atoms with Gasteiger partial charge >= 0.3 is 0 Å². The van der Waals surface area contributed by atoms with Gasteiger partial charge in [-0.25, -0.2) is 4.39 Å². The summed E-state index contributed by atoms with van der Waals surface area (Å²) in [5.74, 6) is 0.0648. The number of alkyl halides is 1. The summed E-state index contributed by atoms with van der Waals surface area (Å²) in [7, 11) is 1.95. The molecule has 0 rings (SSSR count). The molecule has 14 heavy (non-hydrogen) atoms. The first kappa shape index (κ1) is 16.1. The zero-order chi connectivity index (χ0) is 11.6. The Morgan fingerprint density at radius 3 is 1.79 bits per heavy atom. The lowest BCUT2D eigenvalue weighted by Crippen LogP contribution is -2.15. The van der Waals surface area contributed by atoms with Crippen molar-refractivity contribution in [3.05, 3.63) is 12.7 Å². The van der Waals surface area contributed by atoms with Crippen molar-refractivity contribution >= 4 is 0 Å². The van der Waals surface area contributed by atoms with Crippen LogP contribution >= 0.6 is 0 Å². The maximum absolute atomic E-state index is 12.7. The average molecular weight is 203 g/mol. The van der Waals surface area contributed by atoms with E-state index < -0.39 is 6.17 Å². The monoisotopic (exact) mass is 203 g/mol. The lowest BCUT2D eigenvalue weighted by molar-refractivity contribution is 0.251. The summed E-state index contributed by atoms with van der Waals surface area (Å²) in [5.41, 5.74) is 0. The summed E-state index contributed by atoms with van der Waals surface area (Å²) in [6.45, 7) is 11.6. The summed E-state index contributed by atoms with van der Waals surface area (Å²) in [5, 5.41) is 3.03. The van der Waals surface area contributed by atoms with Crippen molar-refractivity contribution in [1.29, 1.82) is 0 Å². The van der Waals surface area contributed by atoms with Crippen LogP contribution < -0.4 is 5.32 Å². The van der Waals surface area contributed by atoms with E-state index in [9.17, 15) is 4.39 Å². The number of hydrogen-bond acceptors (Lipinski definition) is 1. The van der Waals surface area contributed by atoms with Crippen molar-refractivity contribution in [3.8, 4) is 0 Å². The molecule has 0 aromatic heterocycles. The second-order valence-electron chi connectivity index (χ2n) is 3.68. The van der Waals surface area contributed by atoms with Gasteiger partial charge in [-0.2, -0.15) is 0 Å². The van der Waals surface area contributed by atoms with Crippen LogP contribution in [0.3, 0.4) is 0 Å². The standard InChI is InChI=1S/C8H15F.C4H11N/c1-4-7(5-2)8(9)6-3;1-4(2)5-3/h4,7-8H,1,5-6H2,2-3H3;4-5H,1-3H3. The molecular weight excluding hydrogens is 177 g/mol. The van der Waals surface area contributed by atoms with E-state index in [-0.39, 0.29) is 5.92 Å². The van der Waals surface area contributed by atoms with E-state index in [0.717, 1.165) is 6.42 Å². The maximum Gasteiger partial charge on any atom is 0.106 e. The summed E-state index contributed by atoms with van der Waals surface area (Å²) < 4.78 is 12.7. The molecule has 0 aromatic rings. The number of rotatable bonds is 5. The summed E-state index contributed by atoms with van der Waals surface area (Å²) in [6, 6.07) is 0.634. The van der Waals surface area contributed by atoms with E-state index in [1.165, 1.54) is 0 Å². The molecular formula is C12H26FN. The Bertz CT molecular complexity index is 123. The molecule has 1 N–H and O–H groups in total. The lowest BCUT2D eigenvalue weighted by atomic mass is 9.99. The molecule has 0 radical (unpaired) electrons. The van der Waals surface area contributed by atoms with Crippen molar-refractivity contribution in [2.75, 3.05) is 7.05 Å². The first-order valence-electron chi connectivity index (χ1n) is 5.47. The van der Waals surface area contributed by atoms with E-state index in [1.54, 1.807) is 6.08 Å². The molecule has 0 fully saturated rings. The largest absolute Gasteiger partial charge is 0.318 e. The van der Waals surface area contributed by atoms with Crippen LogP contribution in [0.1, 0.15) is 40.5 Å². The number of nitrogens with one attached hydrogen (secondary N) is 1. The molecule has 2 atom stereocenters. The fraction of sp³-hybridized carbons (Fsp3) is 0.833. The van der Waals surface area contributed by atoms with E-state index >= 15 is 0 Å². The second kappa shape index (κ2) is 10.7. The van der Waals surface area contributed by atoms with Crippen LogP contribution in [-0.2, 0) is 0 Å². The fourth-order valence-electron chi connectivity index (χ4n) is 0.873. The predicted octanol–water partition coefficient (Wildman–Crippen LogP) is 3.56. The van der Waals surface area contributed by atoms with Crippen molar-refractivity contribution < 1.29 is 4.39 Å². The Hall–Kier alpha value is -0.370. The van der Waals surface area contributed by atoms with Gasteiger partial charge < -0.3 is 5.32 Å². The number of halogens is 1. The fourth-order valence-corrected chi connectivity index (χ4v) is 0.873. The van der Waals surface area contributed by atoms with Gasteiger partial charge in [-0.05, 0) is 19.9 Å². The number of allylic oxidation sites excluding steroid dienone is 1. The Balaban J connectivity index is 0. The predicted molar refractivity (Wildman–Crippen MR) is 63.4 cm³/mol. The van der Waals surface area contributed by atoms with Gasteiger partial charge in [0.25, 0.3) is 0 Å². The van der Waals surface area contributed by atoms with Gasteiger partial charge in [-0.1, -0.05) is 33.8 Å². The van der Waals surface area contributed by atoms with E-state index in [0.29, 0.717) is 12.5 Å². The Labute approximate surface area is 88.8 Å². The topological polar surface area (TPSA) is 12.0 Å². The van der Waals surface area contributed by atoms with Crippen molar-refractivity contribution in [1.82, 2.24) is 5.32 Å². The summed E-state index contributed by atoms with van der Waals surface area (Å²) in [4.78, 5) is 0. The highest BCUT2D eigenvalue weighted by atomic mass is 19.1. The SMILES string of the molecule is C=CC(CC)C(F)CC.CNC(C)C. The smallest absolute Gasteiger partial charge is 0.106 e. The van der Waals surface area contributed by atoms with Crippen molar-refractivity contribution in [3.63, 3.8) is 0 Å². The van der Waals surface area contributed by atoms with E-state index in [4.69, 9.17) is 0 Å². The van der Waals surface area contributed by atoms with Crippen LogP contribution in [0.25, 0.3) is 0 Å². The molecule has 86 valence electrons. The lowest BCUT2D eigenvalue weighted by Gasteiger charge is -2.12. The zero-order valence-electron chi connectivity index (χ0n) is 10.3. The molecule has 0 aliphatic heterocycles. The van der Waals surface area contributed by atoms with Gasteiger partial charge in [-0.3, -0.25) is 0 Å². The third-order valence-electron chi connectivity index (χ3n) is 2.21. The van der Waals surface area contributed by atoms with Crippen molar-refractivity contribution in [2.45, 2.75) is 52.8 Å². The third-order valence-corrected chi connectivity index (χ3v) is 2.21. The molecule has 0 aromatic carbocycles.